The molecule has 0 spiro atoms. The van der Waals surface area contributed by atoms with E-state index in [9.17, 15) is 4.79 Å². The Morgan fingerprint density at radius 3 is 3.00 bits per heavy atom. The maximum absolute atomic E-state index is 11.1. The van der Waals surface area contributed by atoms with Crippen LogP contribution >= 0.6 is 0 Å². The van der Waals surface area contributed by atoms with Crippen LogP contribution in [0.4, 0.5) is 5.69 Å². The molecule has 1 amide bonds. The van der Waals surface area contributed by atoms with Gasteiger partial charge >= 0.3 is 0 Å². The lowest BCUT2D eigenvalue weighted by molar-refractivity contribution is -0.116. The monoisotopic (exact) mass is 205 g/mol. The van der Waals surface area contributed by atoms with Gasteiger partial charge in [0.15, 0.2) is 5.84 Å². The molecule has 1 aliphatic heterocycles. The zero-order valence-electron chi connectivity index (χ0n) is 8.03. The number of aryl methyl sites for hydroxylation is 1. The minimum Gasteiger partial charge on any atom is -0.409 e. The van der Waals surface area contributed by atoms with E-state index in [4.69, 9.17) is 10.9 Å². The van der Waals surface area contributed by atoms with Crippen LogP contribution in [-0.4, -0.2) is 17.0 Å². The van der Waals surface area contributed by atoms with Gasteiger partial charge in [0.1, 0.15) is 0 Å². The summed E-state index contributed by atoms with van der Waals surface area (Å²) < 4.78 is 0. The molecule has 0 radical (unpaired) electrons. The Kier molecular flexibility index (Phi) is 2.29. The summed E-state index contributed by atoms with van der Waals surface area (Å²) in [4.78, 5) is 11.1. The predicted molar refractivity (Wildman–Crippen MR) is 55.9 cm³/mol. The molecule has 0 unspecified atom stereocenters. The van der Waals surface area contributed by atoms with Gasteiger partial charge in [0.2, 0.25) is 5.91 Å². The number of amidine groups is 1. The molecular weight excluding hydrogens is 194 g/mol. The number of amides is 1. The Morgan fingerprint density at radius 2 is 2.27 bits per heavy atom. The number of rotatable bonds is 1. The van der Waals surface area contributed by atoms with Gasteiger partial charge < -0.3 is 16.3 Å². The summed E-state index contributed by atoms with van der Waals surface area (Å²) in [5, 5.41) is 14.2. The second kappa shape index (κ2) is 3.61. The zero-order chi connectivity index (χ0) is 10.8. The normalized spacial score (nSPS) is 15.7. The largest absolute Gasteiger partial charge is 0.409 e. The zero-order valence-corrected chi connectivity index (χ0v) is 8.03. The first-order valence-electron chi connectivity index (χ1n) is 4.61. The van der Waals surface area contributed by atoms with Crippen molar-refractivity contribution in [1.29, 1.82) is 0 Å². The van der Waals surface area contributed by atoms with Crippen molar-refractivity contribution in [2.45, 2.75) is 12.8 Å². The van der Waals surface area contributed by atoms with Crippen molar-refractivity contribution in [3.05, 3.63) is 29.3 Å². The lowest BCUT2D eigenvalue weighted by Gasteiger charge is -2.17. The molecule has 0 atom stereocenters. The average molecular weight is 205 g/mol. The van der Waals surface area contributed by atoms with Gasteiger partial charge in [-0.15, -0.1) is 0 Å². The van der Waals surface area contributed by atoms with Crippen molar-refractivity contribution in [3.8, 4) is 0 Å². The van der Waals surface area contributed by atoms with E-state index in [0.717, 1.165) is 11.3 Å². The van der Waals surface area contributed by atoms with Crippen LogP contribution < -0.4 is 11.1 Å². The van der Waals surface area contributed by atoms with E-state index >= 15 is 0 Å². The number of carbonyl (C=O) groups is 1. The minimum atomic E-state index is 0.0269. The van der Waals surface area contributed by atoms with E-state index < -0.39 is 0 Å². The molecule has 1 aliphatic rings. The fourth-order valence-corrected chi connectivity index (χ4v) is 1.60. The van der Waals surface area contributed by atoms with Crippen LogP contribution in [0, 0.1) is 0 Å². The Bertz CT molecular complexity index is 440. The maximum Gasteiger partial charge on any atom is 0.224 e. The number of nitrogens with two attached hydrogens (primary N) is 1. The predicted octanol–water partition coefficient (Wildman–Crippen LogP) is 0.666. The van der Waals surface area contributed by atoms with Crippen LogP contribution in [-0.2, 0) is 11.2 Å². The molecule has 4 N–H and O–H groups in total. The molecule has 0 aromatic heterocycles. The van der Waals surface area contributed by atoms with Crippen LogP contribution in [0.1, 0.15) is 17.5 Å². The SMILES string of the molecule is N/C(=N\O)c1ccc2c(c1)CCC(=O)N2. The quantitative estimate of drug-likeness (QED) is 0.272. The van der Waals surface area contributed by atoms with E-state index in [1.54, 1.807) is 12.1 Å². The second-order valence-corrected chi connectivity index (χ2v) is 3.41. The molecule has 5 nitrogen and oxygen atoms in total. The third kappa shape index (κ3) is 1.76. The summed E-state index contributed by atoms with van der Waals surface area (Å²) in [6, 6.07) is 5.29. The maximum atomic E-state index is 11.1. The van der Waals surface area contributed by atoms with Crippen LogP contribution in [0.3, 0.4) is 0 Å². The van der Waals surface area contributed by atoms with Crippen molar-refractivity contribution >= 4 is 17.4 Å². The van der Waals surface area contributed by atoms with Crippen molar-refractivity contribution in [1.82, 2.24) is 0 Å². The van der Waals surface area contributed by atoms with E-state index in [1.165, 1.54) is 0 Å². The minimum absolute atomic E-state index is 0.0269. The highest BCUT2D eigenvalue weighted by Gasteiger charge is 2.15. The number of benzene rings is 1. The second-order valence-electron chi connectivity index (χ2n) is 3.41. The molecule has 1 aromatic carbocycles. The van der Waals surface area contributed by atoms with Crippen molar-refractivity contribution in [2.24, 2.45) is 10.9 Å². The molecule has 2 rings (SSSR count). The highest BCUT2D eigenvalue weighted by molar-refractivity contribution is 5.99. The first kappa shape index (κ1) is 9.51. The van der Waals surface area contributed by atoms with E-state index in [1.807, 2.05) is 6.07 Å². The van der Waals surface area contributed by atoms with Gasteiger partial charge in [-0.2, -0.15) is 0 Å². The number of nitrogens with one attached hydrogen (secondary N) is 1. The molecule has 1 aromatic rings. The van der Waals surface area contributed by atoms with E-state index in [-0.39, 0.29) is 11.7 Å². The summed E-state index contributed by atoms with van der Waals surface area (Å²) in [7, 11) is 0. The van der Waals surface area contributed by atoms with Gasteiger partial charge in [0, 0.05) is 17.7 Å². The van der Waals surface area contributed by atoms with E-state index in [2.05, 4.69) is 10.5 Å². The van der Waals surface area contributed by atoms with E-state index in [0.29, 0.717) is 18.4 Å². The molecule has 0 fully saturated rings. The summed E-state index contributed by atoms with van der Waals surface area (Å²) >= 11 is 0. The van der Waals surface area contributed by atoms with Crippen molar-refractivity contribution in [2.75, 3.05) is 5.32 Å². The van der Waals surface area contributed by atoms with Crippen LogP contribution in [0.5, 0.6) is 0 Å². The Morgan fingerprint density at radius 1 is 1.47 bits per heavy atom. The third-order valence-corrected chi connectivity index (χ3v) is 2.40. The standard InChI is InChI=1S/C10H11N3O2/c11-10(13-15)7-1-3-8-6(5-7)2-4-9(14)12-8/h1,3,5,15H,2,4H2,(H2,11,13)(H,12,14). The molecule has 5 heteroatoms. The number of carbonyl (C=O) groups excluding carboxylic acids is 1. The average Bonchev–Trinajstić information content (AvgIpc) is 2.27. The first-order valence-corrected chi connectivity index (χ1v) is 4.61. The molecule has 0 saturated carbocycles. The van der Waals surface area contributed by atoms with Crippen LogP contribution in [0.15, 0.2) is 23.4 Å². The van der Waals surface area contributed by atoms with Crippen LogP contribution in [0.2, 0.25) is 0 Å². The van der Waals surface area contributed by atoms with Crippen LogP contribution in [0.25, 0.3) is 0 Å². The van der Waals surface area contributed by atoms with Crippen molar-refractivity contribution in [3.63, 3.8) is 0 Å². The number of hydrogen-bond donors (Lipinski definition) is 3. The molecule has 0 bridgehead atoms. The van der Waals surface area contributed by atoms with Crippen molar-refractivity contribution < 1.29 is 10.0 Å². The Labute approximate surface area is 86.6 Å². The Balaban J connectivity index is 2.39. The summed E-state index contributed by atoms with van der Waals surface area (Å²) in [6.07, 6.45) is 1.17. The smallest absolute Gasteiger partial charge is 0.224 e. The molecular formula is C10H11N3O2. The lowest BCUT2D eigenvalue weighted by atomic mass is 10.0. The Hall–Kier alpha value is -2.04. The fourth-order valence-electron chi connectivity index (χ4n) is 1.60. The molecule has 1 heterocycles. The molecule has 0 saturated heterocycles. The first-order chi connectivity index (χ1) is 7.20. The molecule has 78 valence electrons. The van der Waals surface area contributed by atoms with Gasteiger partial charge in [0.25, 0.3) is 0 Å². The van der Waals surface area contributed by atoms with Gasteiger partial charge in [-0.1, -0.05) is 5.16 Å². The number of nitrogens with zero attached hydrogens (tertiary/aromatic N) is 1. The fraction of sp³-hybridized carbons (Fsp3) is 0.200. The third-order valence-electron chi connectivity index (χ3n) is 2.40. The van der Waals surface area contributed by atoms with Gasteiger partial charge in [-0.05, 0) is 30.2 Å². The lowest BCUT2D eigenvalue weighted by Crippen LogP contribution is -2.20. The number of fused-ring (bicyclic) bond motifs is 1. The van der Waals surface area contributed by atoms with Gasteiger partial charge in [0.05, 0.1) is 0 Å². The highest BCUT2D eigenvalue weighted by atomic mass is 16.4. The molecule has 0 aliphatic carbocycles. The van der Waals surface area contributed by atoms with Gasteiger partial charge in [-0.25, -0.2) is 0 Å². The molecule has 15 heavy (non-hydrogen) atoms. The highest BCUT2D eigenvalue weighted by Crippen LogP contribution is 2.23. The van der Waals surface area contributed by atoms with Gasteiger partial charge in [-0.3, -0.25) is 4.79 Å². The number of anilines is 1. The topological polar surface area (TPSA) is 87.7 Å². The number of oxime groups is 1. The summed E-state index contributed by atoms with van der Waals surface area (Å²) in [5.74, 6) is 0.105. The summed E-state index contributed by atoms with van der Waals surface area (Å²) in [6.45, 7) is 0. The number of hydrogen-bond acceptors (Lipinski definition) is 3. The summed E-state index contributed by atoms with van der Waals surface area (Å²) in [5.41, 5.74) is 7.95.